The molecule has 1 aliphatic heterocycles. The van der Waals surface area contributed by atoms with Crippen molar-refractivity contribution in [1.29, 1.82) is 0 Å². The summed E-state index contributed by atoms with van der Waals surface area (Å²) < 4.78 is 64.0. The number of nitrogens with zero attached hydrogens (tertiary/aromatic N) is 2. The number of alkyl halides is 3. The molecule has 182 valence electrons. The molecule has 2 unspecified atom stereocenters. The number of halogens is 4. The summed E-state index contributed by atoms with van der Waals surface area (Å²) in [5, 5.41) is -0.261. The number of aromatic nitrogens is 1. The molecule has 0 amide bonds. The van der Waals surface area contributed by atoms with Gasteiger partial charge in [0.1, 0.15) is 11.3 Å². The van der Waals surface area contributed by atoms with E-state index in [1.54, 1.807) is 4.90 Å². The van der Waals surface area contributed by atoms with E-state index in [0.29, 0.717) is 25.9 Å². The number of carbonyl (C=O) groups excluding carboxylic acids is 2. The average molecular weight is 483 g/mol. The fourth-order valence-corrected chi connectivity index (χ4v) is 4.97. The molecule has 0 radical (unpaired) electrons. The molecule has 1 aromatic carbocycles. The van der Waals surface area contributed by atoms with Gasteiger partial charge in [0.15, 0.2) is 11.6 Å². The van der Waals surface area contributed by atoms with E-state index in [0.717, 1.165) is 25.1 Å². The lowest BCUT2D eigenvalue weighted by Gasteiger charge is -2.40. The van der Waals surface area contributed by atoms with Crippen molar-refractivity contribution in [2.45, 2.75) is 43.4 Å². The molecular formula is C22H21F4N3O5. The monoisotopic (exact) mass is 483 g/mol. The van der Waals surface area contributed by atoms with E-state index in [1.807, 2.05) is 0 Å². The van der Waals surface area contributed by atoms with Crippen molar-refractivity contribution in [3.05, 3.63) is 33.9 Å². The Bertz CT molecular complexity index is 1290. The van der Waals surface area contributed by atoms with Crippen LogP contribution in [0.4, 0.5) is 23.2 Å². The predicted octanol–water partition coefficient (Wildman–Crippen LogP) is 2.66. The number of pyridine rings is 1. The molecule has 2 N–H and O–H groups in total. The molecule has 8 nitrogen and oxygen atoms in total. The summed E-state index contributed by atoms with van der Waals surface area (Å²) >= 11 is 0. The van der Waals surface area contributed by atoms with Gasteiger partial charge in [0, 0.05) is 30.9 Å². The highest BCUT2D eigenvalue weighted by Crippen LogP contribution is 2.49. The fourth-order valence-electron chi connectivity index (χ4n) is 4.97. The van der Waals surface area contributed by atoms with E-state index in [4.69, 9.17) is 10.5 Å². The number of methoxy groups -OCH3 is 1. The van der Waals surface area contributed by atoms with Crippen molar-refractivity contribution < 1.29 is 36.6 Å². The number of esters is 2. The maximum atomic E-state index is 15.4. The minimum absolute atomic E-state index is 0.0789. The van der Waals surface area contributed by atoms with Crippen molar-refractivity contribution in [2.75, 3.05) is 25.1 Å². The third kappa shape index (κ3) is 3.42. The van der Waals surface area contributed by atoms with Gasteiger partial charge in [0.2, 0.25) is 5.43 Å². The molecule has 3 fully saturated rings. The summed E-state index contributed by atoms with van der Waals surface area (Å²) in [5.74, 6) is -5.00. The van der Waals surface area contributed by atoms with Crippen molar-refractivity contribution in [3.8, 4) is 5.75 Å². The van der Waals surface area contributed by atoms with E-state index >= 15 is 4.39 Å². The Hall–Kier alpha value is -3.15. The van der Waals surface area contributed by atoms with Gasteiger partial charge in [0.25, 0.3) is 0 Å². The number of hydrogen-bond donors (Lipinski definition) is 1. The number of nitrogens with two attached hydrogens (primary N) is 1. The first-order valence-electron chi connectivity index (χ1n) is 10.8. The largest absolute Gasteiger partial charge is 0.492 e. The van der Waals surface area contributed by atoms with Crippen molar-refractivity contribution in [2.24, 2.45) is 11.7 Å². The highest BCUT2D eigenvalue weighted by molar-refractivity contribution is 6.01. The van der Waals surface area contributed by atoms with E-state index in [-0.39, 0.29) is 34.3 Å². The van der Waals surface area contributed by atoms with E-state index in [1.165, 1.54) is 11.7 Å². The number of anilines is 1. The summed E-state index contributed by atoms with van der Waals surface area (Å²) in [7, 11) is 1.33. The Labute approximate surface area is 190 Å². The average Bonchev–Trinajstić information content (AvgIpc) is 3.56. The molecule has 2 heterocycles. The smallest absolute Gasteiger partial charge is 0.491 e. The van der Waals surface area contributed by atoms with Gasteiger partial charge in [-0.15, -0.1) is 0 Å². The molecule has 0 spiro atoms. The van der Waals surface area contributed by atoms with Gasteiger partial charge in [-0.25, -0.2) is 14.0 Å². The van der Waals surface area contributed by atoms with Gasteiger partial charge >= 0.3 is 18.1 Å². The highest BCUT2D eigenvalue weighted by Gasteiger charge is 2.51. The van der Waals surface area contributed by atoms with Crippen LogP contribution in [0, 0.1) is 11.7 Å². The first-order valence-corrected chi connectivity index (χ1v) is 10.8. The summed E-state index contributed by atoms with van der Waals surface area (Å²) in [6.07, 6.45) is -1.28. The lowest BCUT2D eigenvalue weighted by atomic mass is 9.70. The lowest BCUT2D eigenvalue weighted by molar-refractivity contribution is -0.193. The van der Waals surface area contributed by atoms with E-state index in [9.17, 15) is 27.6 Å². The first kappa shape index (κ1) is 22.6. The SMILES string of the molecule is COc1c(N2CC3CCC3(N)C2)c(F)cc2c(=O)c(C(=O)OC(=O)C(F)(F)F)cn(C3CC3)c12. The molecule has 2 saturated carbocycles. The second-order valence-corrected chi connectivity index (χ2v) is 9.17. The van der Waals surface area contributed by atoms with Crippen LogP contribution in [-0.4, -0.2) is 48.4 Å². The van der Waals surface area contributed by atoms with Crippen LogP contribution in [0.1, 0.15) is 42.1 Å². The van der Waals surface area contributed by atoms with Gasteiger partial charge in [-0.3, -0.25) is 4.79 Å². The van der Waals surface area contributed by atoms with Gasteiger partial charge in [0.05, 0.1) is 18.0 Å². The van der Waals surface area contributed by atoms with Crippen LogP contribution in [0.15, 0.2) is 17.1 Å². The molecule has 2 atom stereocenters. The van der Waals surface area contributed by atoms with Crippen LogP contribution in [0.5, 0.6) is 5.75 Å². The van der Waals surface area contributed by atoms with Crippen LogP contribution in [0.25, 0.3) is 10.9 Å². The van der Waals surface area contributed by atoms with Crippen molar-refractivity contribution in [3.63, 3.8) is 0 Å². The maximum absolute atomic E-state index is 15.4. The summed E-state index contributed by atoms with van der Waals surface area (Å²) in [5.41, 5.74) is 4.49. The standard InChI is InChI=1S/C22H21F4N3O5/c1-33-18-15-12(6-14(23)16(18)28-7-10-4-5-21(10,27)9-28)17(30)13(8-29(15)11-2-3-11)19(31)34-20(32)22(24,25)26/h6,8,10-11H,2-5,7,9,27H2,1H3. The summed E-state index contributed by atoms with van der Waals surface area (Å²) in [6, 6.07) is 0.760. The summed E-state index contributed by atoms with van der Waals surface area (Å²) in [4.78, 5) is 38.2. The van der Waals surface area contributed by atoms with Crippen LogP contribution < -0.4 is 20.8 Å². The predicted molar refractivity (Wildman–Crippen MR) is 111 cm³/mol. The number of carbonyl (C=O) groups is 2. The van der Waals surface area contributed by atoms with Gasteiger partial charge in [-0.2, -0.15) is 13.2 Å². The van der Waals surface area contributed by atoms with E-state index in [2.05, 4.69) is 4.74 Å². The first-order chi connectivity index (χ1) is 15.9. The molecule has 0 bridgehead atoms. The molecule has 12 heteroatoms. The fraction of sp³-hybridized carbons (Fsp3) is 0.500. The Kier molecular flexibility index (Phi) is 4.94. The number of benzene rings is 1. The molecule has 5 rings (SSSR count). The van der Waals surface area contributed by atoms with Gasteiger partial charge in [-0.1, -0.05) is 0 Å². The number of ether oxygens (including phenoxy) is 2. The number of hydrogen-bond acceptors (Lipinski definition) is 7. The highest BCUT2D eigenvalue weighted by atomic mass is 19.4. The molecule has 3 aliphatic rings. The minimum Gasteiger partial charge on any atom is -0.492 e. The minimum atomic E-state index is -5.41. The Morgan fingerprint density at radius 3 is 2.44 bits per heavy atom. The third-order valence-corrected chi connectivity index (χ3v) is 6.99. The van der Waals surface area contributed by atoms with Crippen molar-refractivity contribution in [1.82, 2.24) is 4.57 Å². The topological polar surface area (TPSA) is 104 Å². The molecule has 1 aromatic heterocycles. The van der Waals surface area contributed by atoms with Crippen LogP contribution in [-0.2, 0) is 9.53 Å². The Balaban J connectivity index is 1.66. The molecule has 1 saturated heterocycles. The molecular weight excluding hydrogens is 462 g/mol. The zero-order chi connectivity index (χ0) is 24.6. The van der Waals surface area contributed by atoms with Crippen LogP contribution >= 0.6 is 0 Å². The molecule has 2 aliphatic carbocycles. The second kappa shape index (κ2) is 7.42. The maximum Gasteiger partial charge on any atom is 0.491 e. The molecule has 2 aromatic rings. The lowest BCUT2D eigenvalue weighted by Crippen LogP contribution is -2.54. The van der Waals surface area contributed by atoms with Crippen LogP contribution in [0.3, 0.4) is 0 Å². The second-order valence-electron chi connectivity index (χ2n) is 9.17. The van der Waals surface area contributed by atoms with E-state index < -0.39 is 40.5 Å². The Morgan fingerprint density at radius 2 is 1.94 bits per heavy atom. The third-order valence-electron chi connectivity index (χ3n) is 6.99. The van der Waals surface area contributed by atoms with Gasteiger partial charge in [-0.05, 0) is 37.7 Å². The number of rotatable bonds is 4. The van der Waals surface area contributed by atoms with Gasteiger partial charge < -0.3 is 24.7 Å². The zero-order valence-corrected chi connectivity index (χ0v) is 18.1. The normalized spacial score (nSPS) is 24.1. The van der Waals surface area contributed by atoms with Crippen molar-refractivity contribution >= 4 is 28.5 Å². The summed E-state index contributed by atoms with van der Waals surface area (Å²) in [6.45, 7) is 0.932. The quantitative estimate of drug-likeness (QED) is 0.405. The zero-order valence-electron chi connectivity index (χ0n) is 18.1. The Morgan fingerprint density at radius 1 is 1.24 bits per heavy atom. The molecule has 34 heavy (non-hydrogen) atoms. The van der Waals surface area contributed by atoms with Crippen LogP contribution in [0.2, 0.25) is 0 Å². The number of fused-ring (bicyclic) bond motifs is 2.